The number of nitro benzene ring substituents is 1. The Kier molecular flexibility index (Phi) is 5.11. The Morgan fingerprint density at radius 2 is 1.59 bits per heavy atom. The van der Waals surface area contributed by atoms with E-state index < -0.39 is 22.4 Å². The molecule has 0 radical (unpaired) electrons. The van der Waals surface area contributed by atoms with E-state index in [1.807, 2.05) is 24.3 Å². The Bertz CT molecular complexity index is 817. The van der Waals surface area contributed by atoms with Crippen LogP contribution in [0.1, 0.15) is 5.56 Å². The molecule has 9 heteroatoms. The number of ether oxygens (including phenoxy) is 1. The number of alkyl halides is 3. The summed E-state index contributed by atoms with van der Waals surface area (Å²) in [6.45, 7) is 2.14. The molecule has 0 bridgehead atoms. The van der Waals surface area contributed by atoms with Crippen molar-refractivity contribution in [3.05, 3.63) is 58.1 Å². The highest BCUT2D eigenvalue weighted by Gasteiger charge is 2.34. The first-order valence-corrected chi connectivity index (χ1v) is 8.29. The molecule has 0 saturated carbocycles. The van der Waals surface area contributed by atoms with Crippen molar-refractivity contribution in [3.8, 4) is 5.75 Å². The largest absolute Gasteiger partial charge is 0.497 e. The van der Waals surface area contributed by atoms with Crippen LogP contribution < -0.4 is 14.5 Å². The van der Waals surface area contributed by atoms with Gasteiger partial charge >= 0.3 is 6.18 Å². The molecule has 3 rings (SSSR count). The highest BCUT2D eigenvalue weighted by molar-refractivity contribution is 5.65. The van der Waals surface area contributed by atoms with Gasteiger partial charge in [-0.3, -0.25) is 10.1 Å². The average molecular weight is 381 g/mol. The van der Waals surface area contributed by atoms with Crippen LogP contribution in [0.2, 0.25) is 0 Å². The Labute approximate surface area is 153 Å². The van der Waals surface area contributed by atoms with Crippen LogP contribution in [0.3, 0.4) is 0 Å². The number of piperazine rings is 1. The number of methoxy groups -OCH3 is 1. The molecule has 1 aliphatic rings. The molecule has 1 heterocycles. The topological polar surface area (TPSA) is 58.8 Å². The second kappa shape index (κ2) is 7.34. The molecular weight excluding hydrogens is 363 g/mol. The van der Waals surface area contributed by atoms with E-state index in [1.165, 1.54) is 6.07 Å². The standard InChI is InChI=1S/C18H18F3N3O3/c1-27-15-5-3-14(4-6-15)22-8-10-23(11-9-22)16-7-2-13(18(19,20)21)12-17(16)24(25)26/h2-7,12H,8-11H2,1H3. The van der Waals surface area contributed by atoms with E-state index in [1.54, 1.807) is 12.0 Å². The molecule has 2 aromatic rings. The first-order valence-electron chi connectivity index (χ1n) is 8.29. The van der Waals surface area contributed by atoms with Crippen molar-refractivity contribution in [1.29, 1.82) is 0 Å². The average Bonchev–Trinajstić information content (AvgIpc) is 2.67. The predicted octanol–water partition coefficient (Wildman–Crippen LogP) is 3.95. The van der Waals surface area contributed by atoms with Gasteiger partial charge in [0.05, 0.1) is 17.6 Å². The molecule has 6 nitrogen and oxygen atoms in total. The first kappa shape index (κ1) is 18.8. The van der Waals surface area contributed by atoms with Crippen LogP contribution in [0.15, 0.2) is 42.5 Å². The van der Waals surface area contributed by atoms with Crippen LogP contribution in [0.25, 0.3) is 0 Å². The molecule has 0 amide bonds. The summed E-state index contributed by atoms with van der Waals surface area (Å²) in [5, 5.41) is 11.3. The molecule has 0 unspecified atom stereocenters. The molecule has 0 N–H and O–H groups in total. The summed E-state index contributed by atoms with van der Waals surface area (Å²) in [6.07, 6.45) is -4.61. The smallest absolute Gasteiger partial charge is 0.416 e. The van der Waals surface area contributed by atoms with Crippen molar-refractivity contribution in [2.45, 2.75) is 6.18 Å². The van der Waals surface area contributed by atoms with Gasteiger partial charge < -0.3 is 14.5 Å². The Hall–Kier alpha value is -2.97. The SMILES string of the molecule is COc1ccc(N2CCN(c3ccc(C(F)(F)F)cc3[N+](=O)[O-])CC2)cc1. The normalized spacial score (nSPS) is 15.0. The zero-order valence-corrected chi connectivity index (χ0v) is 14.6. The van der Waals surface area contributed by atoms with Gasteiger partial charge in [-0.25, -0.2) is 0 Å². The van der Waals surface area contributed by atoms with Crippen LogP contribution >= 0.6 is 0 Å². The molecular formula is C18H18F3N3O3. The van der Waals surface area contributed by atoms with E-state index >= 15 is 0 Å². The summed E-state index contributed by atoms with van der Waals surface area (Å²) in [4.78, 5) is 14.4. The van der Waals surface area contributed by atoms with Crippen molar-refractivity contribution < 1.29 is 22.8 Å². The number of halogens is 3. The van der Waals surface area contributed by atoms with Gasteiger partial charge in [-0.05, 0) is 36.4 Å². The maximum Gasteiger partial charge on any atom is 0.416 e. The molecule has 1 fully saturated rings. The molecule has 27 heavy (non-hydrogen) atoms. The van der Waals surface area contributed by atoms with Gasteiger partial charge in [0.25, 0.3) is 5.69 Å². The lowest BCUT2D eigenvalue weighted by molar-refractivity contribution is -0.384. The molecule has 0 aliphatic carbocycles. The van der Waals surface area contributed by atoms with Crippen molar-refractivity contribution >= 4 is 17.1 Å². The number of hydrogen-bond donors (Lipinski definition) is 0. The van der Waals surface area contributed by atoms with Crippen molar-refractivity contribution in [1.82, 2.24) is 0 Å². The third-order valence-electron chi connectivity index (χ3n) is 4.56. The fourth-order valence-corrected chi connectivity index (χ4v) is 3.11. The van der Waals surface area contributed by atoms with Gasteiger partial charge in [0.1, 0.15) is 11.4 Å². The molecule has 1 aliphatic heterocycles. The molecule has 2 aromatic carbocycles. The van der Waals surface area contributed by atoms with E-state index in [2.05, 4.69) is 4.90 Å². The van der Waals surface area contributed by atoms with Gasteiger partial charge in [0.15, 0.2) is 0 Å². The van der Waals surface area contributed by atoms with Crippen LogP contribution in [0.5, 0.6) is 5.75 Å². The van der Waals surface area contributed by atoms with Gasteiger partial charge in [-0.2, -0.15) is 13.2 Å². The summed E-state index contributed by atoms with van der Waals surface area (Å²) >= 11 is 0. The maximum absolute atomic E-state index is 12.8. The van der Waals surface area contributed by atoms with E-state index in [9.17, 15) is 23.3 Å². The second-order valence-electron chi connectivity index (χ2n) is 6.13. The van der Waals surface area contributed by atoms with Gasteiger partial charge in [-0.15, -0.1) is 0 Å². The number of hydrogen-bond acceptors (Lipinski definition) is 5. The molecule has 144 valence electrons. The Balaban J connectivity index is 1.76. The number of benzene rings is 2. The lowest BCUT2D eigenvalue weighted by Crippen LogP contribution is -2.46. The summed E-state index contributed by atoms with van der Waals surface area (Å²) < 4.78 is 43.7. The van der Waals surface area contributed by atoms with Crippen LogP contribution in [0, 0.1) is 10.1 Å². The molecule has 0 spiro atoms. The van der Waals surface area contributed by atoms with Crippen LogP contribution in [0.4, 0.5) is 30.2 Å². The second-order valence-corrected chi connectivity index (χ2v) is 6.13. The number of anilines is 2. The quantitative estimate of drug-likeness (QED) is 0.593. The minimum atomic E-state index is -4.61. The van der Waals surface area contributed by atoms with Gasteiger partial charge in [0, 0.05) is 37.9 Å². The third kappa shape index (κ3) is 4.07. The van der Waals surface area contributed by atoms with Gasteiger partial charge in [-0.1, -0.05) is 0 Å². The minimum Gasteiger partial charge on any atom is -0.497 e. The number of nitrogens with zero attached hydrogens (tertiary/aromatic N) is 3. The summed E-state index contributed by atoms with van der Waals surface area (Å²) in [6, 6.07) is 10.2. The molecule has 0 aromatic heterocycles. The van der Waals surface area contributed by atoms with Crippen LogP contribution in [-0.4, -0.2) is 38.2 Å². The highest BCUT2D eigenvalue weighted by Crippen LogP contribution is 2.37. The molecule has 1 saturated heterocycles. The number of nitro groups is 1. The first-order chi connectivity index (χ1) is 12.8. The van der Waals surface area contributed by atoms with E-state index in [4.69, 9.17) is 4.74 Å². The Morgan fingerprint density at radius 1 is 1.00 bits per heavy atom. The van der Waals surface area contributed by atoms with Gasteiger partial charge in [0.2, 0.25) is 0 Å². The maximum atomic E-state index is 12.8. The fourth-order valence-electron chi connectivity index (χ4n) is 3.11. The lowest BCUT2D eigenvalue weighted by Gasteiger charge is -2.37. The molecule has 0 atom stereocenters. The highest BCUT2D eigenvalue weighted by atomic mass is 19.4. The monoisotopic (exact) mass is 381 g/mol. The Morgan fingerprint density at radius 3 is 2.11 bits per heavy atom. The van der Waals surface area contributed by atoms with E-state index in [-0.39, 0.29) is 5.69 Å². The zero-order chi connectivity index (χ0) is 19.6. The van der Waals surface area contributed by atoms with Crippen LogP contribution in [-0.2, 0) is 6.18 Å². The van der Waals surface area contributed by atoms with E-state index in [0.29, 0.717) is 32.2 Å². The predicted molar refractivity (Wildman–Crippen MR) is 95.5 cm³/mol. The van der Waals surface area contributed by atoms with E-state index in [0.717, 1.165) is 17.5 Å². The van der Waals surface area contributed by atoms with Crippen molar-refractivity contribution in [3.63, 3.8) is 0 Å². The third-order valence-corrected chi connectivity index (χ3v) is 4.56. The summed E-state index contributed by atoms with van der Waals surface area (Å²) in [5.74, 6) is 0.748. The minimum absolute atomic E-state index is 0.211. The van der Waals surface area contributed by atoms with Crippen molar-refractivity contribution in [2.24, 2.45) is 0 Å². The summed E-state index contributed by atoms with van der Waals surface area (Å²) in [7, 11) is 1.59. The number of rotatable bonds is 4. The fraction of sp³-hybridized carbons (Fsp3) is 0.333. The lowest BCUT2D eigenvalue weighted by atomic mass is 10.1. The van der Waals surface area contributed by atoms with Crippen molar-refractivity contribution in [2.75, 3.05) is 43.1 Å². The summed E-state index contributed by atoms with van der Waals surface area (Å²) in [5.41, 5.74) is -0.336. The zero-order valence-electron chi connectivity index (χ0n) is 14.6.